The summed E-state index contributed by atoms with van der Waals surface area (Å²) in [5.74, 6) is -0.753. The van der Waals surface area contributed by atoms with Gasteiger partial charge in [0.2, 0.25) is 10.0 Å². The number of benzene rings is 2. The monoisotopic (exact) mass is 526 g/mol. The van der Waals surface area contributed by atoms with Crippen LogP contribution in [0.25, 0.3) is 0 Å². The molecule has 10 heteroatoms. The molecule has 1 aliphatic rings. The van der Waals surface area contributed by atoms with Crippen LogP contribution < -0.4 is 4.74 Å². The van der Waals surface area contributed by atoms with Crippen molar-refractivity contribution in [2.45, 2.75) is 76.5 Å². The van der Waals surface area contributed by atoms with E-state index in [1.807, 2.05) is 38.2 Å². The Morgan fingerprint density at radius 1 is 1.24 bits per heavy atom. The zero-order valence-electron chi connectivity index (χ0n) is 21.5. The first kappa shape index (κ1) is 26.8. The van der Waals surface area contributed by atoms with Crippen molar-refractivity contribution < 1.29 is 23.1 Å². The molecule has 2 heterocycles. The largest absolute Gasteiger partial charge is 0.488 e. The molecule has 0 bridgehead atoms. The van der Waals surface area contributed by atoms with Gasteiger partial charge in [-0.25, -0.2) is 8.42 Å². The third-order valence-electron chi connectivity index (χ3n) is 6.66. The number of hydrogen-bond acceptors (Lipinski definition) is 6. The molecule has 37 heavy (non-hydrogen) atoms. The predicted octanol–water partition coefficient (Wildman–Crippen LogP) is 4.16. The predicted molar refractivity (Wildman–Crippen MR) is 139 cm³/mol. The molecule has 0 fully saturated rings. The van der Waals surface area contributed by atoms with E-state index in [0.717, 1.165) is 35.3 Å². The maximum atomic E-state index is 13.5. The van der Waals surface area contributed by atoms with Crippen molar-refractivity contribution in [3.8, 4) is 5.75 Å². The molecule has 2 atom stereocenters. The van der Waals surface area contributed by atoms with E-state index in [-0.39, 0.29) is 36.4 Å². The van der Waals surface area contributed by atoms with Crippen molar-refractivity contribution in [3.05, 3.63) is 71.0 Å². The molecule has 0 radical (unpaired) electrons. The lowest BCUT2D eigenvalue weighted by Gasteiger charge is -2.23. The molecule has 0 aliphatic carbocycles. The smallest absolute Gasteiger partial charge is 0.303 e. The van der Waals surface area contributed by atoms with Crippen LogP contribution in [0, 0.1) is 6.92 Å². The van der Waals surface area contributed by atoms with Gasteiger partial charge in [-0.3, -0.25) is 9.48 Å². The molecule has 0 saturated heterocycles. The molecule has 1 aliphatic heterocycles. The second-order valence-electron chi connectivity index (χ2n) is 9.67. The Morgan fingerprint density at radius 3 is 2.78 bits per heavy atom. The highest BCUT2D eigenvalue weighted by Crippen LogP contribution is 2.33. The Morgan fingerprint density at radius 2 is 2.03 bits per heavy atom. The highest BCUT2D eigenvalue weighted by atomic mass is 32.2. The lowest BCUT2D eigenvalue weighted by Crippen LogP contribution is -2.35. The summed E-state index contributed by atoms with van der Waals surface area (Å²) >= 11 is 0. The fraction of sp³-hybridized carbons (Fsp3) is 0.444. The van der Waals surface area contributed by atoms with Crippen molar-refractivity contribution in [3.63, 3.8) is 0 Å². The molecule has 0 amide bonds. The summed E-state index contributed by atoms with van der Waals surface area (Å²) in [6.07, 6.45) is 3.73. The zero-order valence-corrected chi connectivity index (χ0v) is 22.3. The molecule has 1 aromatic heterocycles. The first-order valence-electron chi connectivity index (χ1n) is 12.6. The van der Waals surface area contributed by atoms with Gasteiger partial charge in [0.05, 0.1) is 18.7 Å². The highest BCUT2D eigenvalue weighted by Gasteiger charge is 2.33. The summed E-state index contributed by atoms with van der Waals surface area (Å²) in [6.45, 7) is 7.05. The number of para-hydroxylation sites is 1. The Balaban J connectivity index is 1.58. The van der Waals surface area contributed by atoms with Crippen molar-refractivity contribution >= 4 is 16.0 Å². The number of aryl methyl sites for hydroxylation is 3. The topological polar surface area (TPSA) is 115 Å². The summed E-state index contributed by atoms with van der Waals surface area (Å²) in [7, 11) is -3.77. The van der Waals surface area contributed by atoms with E-state index in [1.165, 1.54) is 4.31 Å². The van der Waals surface area contributed by atoms with Crippen LogP contribution in [0.3, 0.4) is 0 Å². The summed E-state index contributed by atoms with van der Waals surface area (Å²) in [4.78, 5) is 11.9. The minimum Gasteiger partial charge on any atom is -0.488 e. The van der Waals surface area contributed by atoms with Crippen molar-refractivity contribution in [2.75, 3.05) is 6.54 Å². The van der Waals surface area contributed by atoms with E-state index in [2.05, 4.69) is 17.2 Å². The molecule has 4 rings (SSSR count). The van der Waals surface area contributed by atoms with Gasteiger partial charge < -0.3 is 9.84 Å². The molecule has 1 N–H and O–H groups in total. The van der Waals surface area contributed by atoms with Gasteiger partial charge in [-0.05, 0) is 67.9 Å². The SMILES string of the molecule is CCCn1cc(CCC(CC(=O)O)c2ccc(C)c(CN3CC(C)Oc4ccccc4S3(=O)=O)c2)nn1. The fourth-order valence-corrected chi connectivity index (χ4v) is 6.32. The normalized spacial score (nSPS) is 18.0. The van der Waals surface area contributed by atoms with Gasteiger partial charge >= 0.3 is 5.97 Å². The van der Waals surface area contributed by atoms with Crippen molar-refractivity contribution in [2.24, 2.45) is 0 Å². The number of carboxylic acid groups (broad SMARTS) is 1. The Hall–Kier alpha value is -3.24. The molecule has 3 aromatic rings. The molecule has 9 nitrogen and oxygen atoms in total. The van der Waals surface area contributed by atoms with Crippen molar-refractivity contribution in [1.29, 1.82) is 0 Å². The number of hydrogen-bond donors (Lipinski definition) is 1. The van der Waals surface area contributed by atoms with Crippen LogP contribution in [-0.2, 0) is 34.3 Å². The number of carboxylic acids is 1. The van der Waals surface area contributed by atoms with Gasteiger partial charge in [0.25, 0.3) is 0 Å². The average Bonchev–Trinajstić information content (AvgIpc) is 3.26. The number of sulfonamides is 1. The van der Waals surface area contributed by atoms with Crippen LogP contribution in [0.2, 0.25) is 0 Å². The highest BCUT2D eigenvalue weighted by molar-refractivity contribution is 7.89. The molecule has 0 spiro atoms. The van der Waals surface area contributed by atoms with Gasteiger partial charge in [0.15, 0.2) is 0 Å². The summed E-state index contributed by atoms with van der Waals surface area (Å²) in [5.41, 5.74) is 3.50. The third kappa shape index (κ3) is 6.37. The minimum atomic E-state index is -3.77. The average molecular weight is 527 g/mol. The number of fused-ring (bicyclic) bond motifs is 1. The van der Waals surface area contributed by atoms with Crippen LogP contribution in [0.5, 0.6) is 5.75 Å². The molecule has 0 saturated carbocycles. The minimum absolute atomic E-state index is 0.0220. The van der Waals surface area contributed by atoms with Gasteiger partial charge in [-0.1, -0.05) is 42.5 Å². The Kier molecular flexibility index (Phi) is 8.29. The van der Waals surface area contributed by atoms with E-state index < -0.39 is 16.0 Å². The quantitative estimate of drug-likeness (QED) is 0.422. The van der Waals surface area contributed by atoms with Crippen LogP contribution in [0.4, 0.5) is 0 Å². The van der Waals surface area contributed by atoms with Crippen LogP contribution in [0.15, 0.2) is 53.6 Å². The van der Waals surface area contributed by atoms with Gasteiger partial charge in [0, 0.05) is 19.3 Å². The molecular weight excluding hydrogens is 492 g/mol. The Labute approximate surface area is 218 Å². The second kappa shape index (κ2) is 11.4. The van der Waals surface area contributed by atoms with E-state index in [1.54, 1.807) is 28.9 Å². The number of ether oxygens (including phenoxy) is 1. The number of aliphatic carboxylic acids is 1. The molecule has 2 unspecified atom stereocenters. The summed E-state index contributed by atoms with van der Waals surface area (Å²) < 4.78 is 36.2. The lowest BCUT2D eigenvalue weighted by molar-refractivity contribution is -0.137. The van der Waals surface area contributed by atoms with E-state index >= 15 is 0 Å². The fourth-order valence-electron chi connectivity index (χ4n) is 4.70. The summed E-state index contributed by atoms with van der Waals surface area (Å²) in [5, 5.41) is 17.9. The maximum absolute atomic E-state index is 13.5. The van der Waals surface area contributed by atoms with Crippen LogP contribution in [0.1, 0.15) is 61.4 Å². The standard InChI is InChI=1S/C27H34N4O5S/c1-4-13-30-18-24(28-29-30)12-11-22(15-27(32)33)21-10-9-19(2)23(14-21)17-31-16-20(3)36-25-7-5-6-8-26(25)37(31,34)35/h5-10,14,18,20,22H,4,11-13,15-17H2,1-3H3,(H,32,33). The van der Waals surface area contributed by atoms with E-state index in [9.17, 15) is 18.3 Å². The number of nitrogens with zero attached hydrogens (tertiary/aromatic N) is 4. The maximum Gasteiger partial charge on any atom is 0.303 e. The third-order valence-corrected chi connectivity index (χ3v) is 8.51. The van der Waals surface area contributed by atoms with Gasteiger partial charge in [-0.2, -0.15) is 4.31 Å². The number of aromatic nitrogens is 3. The van der Waals surface area contributed by atoms with Gasteiger partial charge in [0.1, 0.15) is 16.7 Å². The van der Waals surface area contributed by atoms with Crippen LogP contribution in [-0.4, -0.2) is 51.4 Å². The van der Waals surface area contributed by atoms with Crippen LogP contribution >= 0.6 is 0 Å². The second-order valence-corrected chi connectivity index (χ2v) is 11.6. The van der Waals surface area contributed by atoms with E-state index in [0.29, 0.717) is 18.6 Å². The Bertz CT molecular complexity index is 1350. The first-order valence-corrected chi connectivity index (χ1v) is 14.1. The number of rotatable bonds is 10. The summed E-state index contributed by atoms with van der Waals surface area (Å²) in [6, 6.07) is 12.5. The molecular formula is C27H34N4O5S. The van der Waals surface area contributed by atoms with Gasteiger partial charge in [-0.15, -0.1) is 5.10 Å². The zero-order chi connectivity index (χ0) is 26.6. The van der Waals surface area contributed by atoms with Crippen molar-refractivity contribution in [1.82, 2.24) is 19.3 Å². The molecule has 2 aromatic carbocycles. The number of carbonyl (C=O) groups is 1. The van der Waals surface area contributed by atoms with E-state index in [4.69, 9.17) is 4.74 Å². The first-order chi connectivity index (χ1) is 17.7. The lowest BCUT2D eigenvalue weighted by atomic mass is 9.88. The molecule has 198 valence electrons.